The number of carbonyl (C=O) groups is 3. The van der Waals surface area contributed by atoms with Gasteiger partial charge in [-0.3, -0.25) is 24.4 Å². The van der Waals surface area contributed by atoms with Crippen LogP contribution in [0, 0.1) is 11.6 Å². The average Bonchev–Trinajstić information content (AvgIpc) is 3.73. The lowest BCUT2D eigenvalue weighted by molar-refractivity contribution is -0.140. The number of alkyl halides is 7. The van der Waals surface area contributed by atoms with E-state index >= 15 is 0 Å². The number of esters is 1. The number of nitrogen functional groups attached to an aromatic ring is 1. The van der Waals surface area contributed by atoms with Gasteiger partial charge in [0.05, 0.1) is 42.3 Å². The number of ether oxygens (including phenoxy) is 1. The second-order valence-electron chi connectivity index (χ2n) is 11.0. The molecule has 4 aliphatic rings. The van der Waals surface area contributed by atoms with Gasteiger partial charge < -0.3 is 20.3 Å². The molecule has 11 nitrogen and oxygen atoms in total. The number of nitrogens with zero attached hydrogens (tertiary/aromatic N) is 6. The van der Waals surface area contributed by atoms with E-state index in [1.807, 2.05) is 0 Å². The molecule has 0 spiro atoms. The lowest BCUT2D eigenvalue weighted by atomic mass is 10.1. The van der Waals surface area contributed by atoms with Crippen LogP contribution in [0.1, 0.15) is 5.56 Å². The third-order valence-corrected chi connectivity index (χ3v) is 8.69. The van der Waals surface area contributed by atoms with Crippen molar-refractivity contribution in [3.63, 3.8) is 0 Å². The molecule has 4 heterocycles. The van der Waals surface area contributed by atoms with E-state index in [1.165, 1.54) is 0 Å². The van der Waals surface area contributed by atoms with Crippen LogP contribution in [0.4, 0.5) is 52.2 Å². The standard InChI is InChI=1S/C17H13Cl2F4N3O3.C13H9ClF4N4O/c1-29-15(28)10(19)4-8-5-12(11(20)6-9(8)18)26-14(27)7-13(17(21,22)23)25-3-2-24-16(25)26;14-6-3-7(15)9(4-8(6)19)22-11(23)5-10(13(16,17)18)21-2-1-20-12(21)22/h5-7,10H,2-4H2,1H3;3-5H,1-2,19H2. The number of guanidine groups is 2. The highest BCUT2D eigenvalue weighted by Crippen LogP contribution is 2.39. The van der Waals surface area contributed by atoms with Gasteiger partial charge in [0.2, 0.25) is 11.9 Å². The minimum atomic E-state index is -4.77. The van der Waals surface area contributed by atoms with Gasteiger partial charge in [0.15, 0.2) is 0 Å². The largest absolute Gasteiger partial charge is 0.468 e. The van der Waals surface area contributed by atoms with E-state index in [0.717, 1.165) is 51.0 Å². The third kappa shape index (κ3) is 7.47. The number of anilines is 3. The molecule has 0 fully saturated rings. The average molecular weight is 803 g/mol. The summed E-state index contributed by atoms with van der Waals surface area (Å²) < 4.78 is 112. The molecule has 2 N–H and O–H groups in total. The first kappa shape index (κ1) is 38.6. The molecule has 2 aromatic rings. The fourth-order valence-corrected chi connectivity index (χ4v) is 6.02. The van der Waals surface area contributed by atoms with E-state index < -0.39 is 58.5 Å². The quantitative estimate of drug-likeness (QED) is 0.176. The molecule has 0 bridgehead atoms. The van der Waals surface area contributed by atoms with E-state index in [2.05, 4.69) is 14.7 Å². The Bertz CT molecular complexity index is 1970. The maximum atomic E-state index is 14.6. The van der Waals surface area contributed by atoms with Crippen molar-refractivity contribution in [2.24, 2.45) is 9.98 Å². The number of halogens is 11. The van der Waals surface area contributed by atoms with Gasteiger partial charge >= 0.3 is 18.3 Å². The Morgan fingerprint density at radius 2 is 1.27 bits per heavy atom. The predicted molar refractivity (Wildman–Crippen MR) is 174 cm³/mol. The summed E-state index contributed by atoms with van der Waals surface area (Å²) >= 11 is 17.6. The van der Waals surface area contributed by atoms with Crippen molar-refractivity contribution in [2.45, 2.75) is 24.2 Å². The van der Waals surface area contributed by atoms with Gasteiger partial charge in [0.1, 0.15) is 28.4 Å². The zero-order valence-corrected chi connectivity index (χ0v) is 28.4. The minimum Gasteiger partial charge on any atom is -0.468 e. The zero-order valence-electron chi connectivity index (χ0n) is 26.1. The van der Waals surface area contributed by atoms with Crippen molar-refractivity contribution < 1.29 is 54.2 Å². The van der Waals surface area contributed by atoms with Crippen LogP contribution < -0.4 is 15.5 Å². The predicted octanol–water partition coefficient (Wildman–Crippen LogP) is 5.79. The van der Waals surface area contributed by atoms with Gasteiger partial charge in [0.25, 0.3) is 11.8 Å². The van der Waals surface area contributed by atoms with Crippen LogP contribution in [-0.4, -0.2) is 90.5 Å². The van der Waals surface area contributed by atoms with Gasteiger partial charge in [-0.2, -0.15) is 26.3 Å². The van der Waals surface area contributed by atoms with Crippen molar-refractivity contribution >= 4 is 81.6 Å². The first-order valence-electron chi connectivity index (χ1n) is 14.6. The summed E-state index contributed by atoms with van der Waals surface area (Å²) in [6, 6.07) is 4.02. The van der Waals surface area contributed by atoms with E-state index in [9.17, 15) is 49.5 Å². The van der Waals surface area contributed by atoms with Crippen LogP contribution in [-0.2, 0) is 25.5 Å². The number of methoxy groups -OCH3 is 1. The summed E-state index contributed by atoms with van der Waals surface area (Å²) in [6.07, 6.45) is -8.85. The van der Waals surface area contributed by atoms with E-state index in [0.29, 0.717) is 12.2 Å². The van der Waals surface area contributed by atoms with Gasteiger partial charge in [-0.1, -0.05) is 23.2 Å². The van der Waals surface area contributed by atoms with Crippen molar-refractivity contribution in [3.8, 4) is 0 Å². The number of carbonyl (C=O) groups excluding carboxylic acids is 3. The molecule has 52 heavy (non-hydrogen) atoms. The number of aliphatic imine (C=N–C) groups is 2. The SMILES string of the molecule is COC(=O)C(Cl)Cc1cc(N2C(=O)C=C(C(F)(F)F)N3CCN=C32)c(F)cc1Cl.Nc1cc(N2C(=O)C=C(C(F)(F)F)N3CCN=C32)c(F)cc1Cl. The molecule has 2 aromatic carbocycles. The molecule has 1 atom stereocenters. The number of benzene rings is 2. The molecule has 4 aliphatic heterocycles. The van der Waals surface area contributed by atoms with Crippen molar-refractivity contribution in [1.29, 1.82) is 0 Å². The molecule has 1 unspecified atom stereocenters. The highest BCUT2D eigenvalue weighted by molar-refractivity contribution is 6.34. The number of nitrogens with two attached hydrogens (primary N) is 1. The lowest BCUT2D eigenvalue weighted by Crippen LogP contribution is -2.51. The summed E-state index contributed by atoms with van der Waals surface area (Å²) in [5, 5.41) is -1.26. The molecule has 6 rings (SSSR count). The number of hydrogen-bond donors (Lipinski definition) is 1. The number of hydrogen-bond acceptors (Lipinski definition) is 9. The first-order valence-corrected chi connectivity index (χ1v) is 15.8. The molecule has 0 aromatic heterocycles. The second-order valence-corrected chi connectivity index (χ2v) is 12.3. The second kappa shape index (κ2) is 14.4. The maximum Gasteiger partial charge on any atom is 0.431 e. The van der Waals surface area contributed by atoms with Gasteiger partial charge in [-0.25, -0.2) is 18.6 Å². The summed E-state index contributed by atoms with van der Waals surface area (Å²) in [7, 11) is 1.14. The summed E-state index contributed by atoms with van der Waals surface area (Å²) in [5.41, 5.74) is 2.83. The number of allylic oxidation sites excluding steroid dienone is 2. The van der Waals surface area contributed by atoms with Crippen LogP contribution in [0.2, 0.25) is 10.0 Å². The smallest absolute Gasteiger partial charge is 0.431 e. The zero-order chi connectivity index (χ0) is 38.4. The van der Waals surface area contributed by atoms with Crippen LogP contribution in [0.5, 0.6) is 0 Å². The van der Waals surface area contributed by atoms with Gasteiger partial charge in [-0.15, -0.1) is 11.6 Å². The summed E-state index contributed by atoms with van der Waals surface area (Å²) in [6.45, 7) is -0.119. The van der Waals surface area contributed by atoms with Crippen LogP contribution in [0.3, 0.4) is 0 Å². The van der Waals surface area contributed by atoms with Gasteiger partial charge in [-0.05, 0) is 29.8 Å². The Labute approximate surface area is 303 Å². The number of fused-ring (bicyclic) bond motifs is 2. The number of rotatable bonds is 5. The van der Waals surface area contributed by atoms with Crippen molar-refractivity contribution in [2.75, 3.05) is 48.8 Å². The Hall–Kier alpha value is -4.62. The summed E-state index contributed by atoms with van der Waals surface area (Å²) in [4.78, 5) is 47.1. The van der Waals surface area contributed by atoms with Crippen molar-refractivity contribution in [3.05, 3.63) is 75.1 Å². The molecular formula is C30H22Cl3F8N7O4. The molecular weight excluding hydrogens is 781 g/mol. The fraction of sp³-hybridized carbons (Fsp3) is 0.300. The lowest BCUT2D eigenvalue weighted by Gasteiger charge is -2.35. The molecule has 0 radical (unpaired) electrons. The molecule has 0 saturated carbocycles. The third-order valence-electron chi connectivity index (χ3n) is 7.68. The van der Waals surface area contributed by atoms with Crippen LogP contribution >= 0.6 is 34.8 Å². The highest BCUT2D eigenvalue weighted by Gasteiger charge is 2.48. The number of amides is 2. The minimum absolute atomic E-state index is 0.000688. The first-order chi connectivity index (χ1) is 24.2. The highest BCUT2D eigenvalue weighted by atomic mass is 35.5. The van der Waals surface area contributed by atoms with Crippen molar-refractivity contribution in [1.82, 2.24) is 9.80 Å². The Balaban J connectivity index is 0.000000206. The van der Waals surface area contributed by atoms with Crippen LogP contribution in [0.25, 0.3) is 0 Å². The maximum absolute atomic E-state index is 14.6. The van der Waals surface area contributed by atoms with E-state index in [4.69, 9.17) is 40.5 Å². The monoisotopic (exact) mass is 801 g/mol. The van der Waals surface area contributed by atoms with E-state index in [1.54, 1.807) is 0 Å². The Morgan fingerprint density at radius 1 is 0.827 bits per heavy atom. The topological polar surface area (TPSA) is 124 Å². The molecule has 0 aliphatic carbocycles. The summed E-state index contributed by atoms with van der Waals surface area (Å²) in [5.74, 6) is -5.39. The fourth-order valence-electron chi connectivity index (χ4n) is 5.39. The van der Waals surface area contributed by atoms with E-state index in [-0.39, 0.29) is 77.2 Å². The molecule has 2 amide bonds. The van der Waals surface area contributed by atoms with Gasteiger partial charge in [0, 0.05) is 36.7 Å². The molecule has 278 valence electrons. The Kier molecular flexibility index (Phi) is 10.7. The van der Waals surface area contributed by atoms with Crippen LogP contribution in [0.15, 0.2) is 57.8 Å². The molecule has 0 saturated heterocycles. The molecule has 22 heteroatoms. The normalized spacial score (nSPS) is 17.8. The Morgan fingerprint density at radius 3 is 1.71 bits per heavy atom.